The number of hydrogen-bond acceptors (Lipinski definition) is 4. The van der Waals surface area contributed by atoms with Gasteiger partial charge >= 0.3 is 6.09 Å². The van der Waals surface area contributed by atoms with Crippen LogP contribution in [0, 0.1) is 17.3 Å². The average Bonchev–Trinajstić information content (AvgIpc) is 3.52. The number of rotatable bonds is 11. The highest BCUT2D eigenvalue weighted by molar-refractivity contribution is 5.87. The van der Waals surface area contributed by atoms with E-state index in [-0.39, 0.29) is 23.3 Å². The Morgan fingerprint density at radius 2 is 2.00 bits per heavy atom. The Morgan fingerprint density at radius 3 is 2.62 bits per heavy atom. The van der Waals surface area contributed by atoms with E-state index in [1.807, 2.05) is 24.8 Å². The molecule has 1 saturated heterocycles. The van der Waals surface area contributed by atoms with Crippen LogP contribution in [0.15, 0.2) is 36.4 Å². The molecule has 39 heavy (non-hydrogen) atoms. The van der Waals surface area contributed by atoms with Crippen LogP contribution in [-0.2, 0) is 9.53 Å². The third-order valence-corrected chi connectivity index (χ3v) is 7.81. The fraction of sp³-hybridized carbons (Fsp3) is 0.594. The molecule has 1 aromatic carbocycles. The van der Waals surface area contributed by atoms with Gasteiger partial charge in [0.1, 0.15) is 11.9 Å². The summed E-state index contributed by atoms with van der Waals surface area (Å²) in [6, 6.07) is 5.49. The number of fused-ring (bicyclic) bond motifs is 1. The van der Waals surface area contributed by atoms with Gasteiger partial charge in [-0.25, -0.2) is 9.78 Å². The molecule has 1 aliphatic rings. The highest BCUT2D eigenvalue weighted by Gasteiger charge is 2.37. The fourth-order valence-corrected chi connectivity index (χ4v) is 5.56. The number of methoxy groups -OCH3 is 1. The lowest BCUT2D eigenvalue weighted by atomic mass is 9.78. The molecule has 7 heteroatoms. The first-order valence-electron chi connectivity index (χ1n) is 14.4. The topological polar surface area (TPSA) is 87.3 Å². The maximum Gasteiger partial charge on any atom is 0.407 e. The number of nitrogens with zero attached hydrogens (tertiary/aromatic N) is 2. The van der Waals surface area contributed by atoms with Crippen molar-refractivity contribution in [2.45, 2.75) is 92.7 Å². The summed E-state index contributed by atoms with van der Waals surface area (Å²) in [6.45, 7) is 20.2. The molecule has 0 spiro atoms. The summed E-state index contributed by atoms with van der Waals surface area (Å²) in [5, 5.41) is 2.71. The van der Waals surface area contributed by atoms with Crippen molar-refractivity contribution in [2.75, 3.05) is 13.7 Å². The van der Waals surface area contributed by atoms with E-state index >= 15 is 0 Å². The van der Waals surface area contributed by atoms with Crippen molar-refractivity contribution >= 4 is 28.6 Å². The third kappa shape index (κ3) is 7.52. The van der Waals surface area contributed by atoms with E-state index in [0.717, 1.165) is 52.8 Å². The minimum atomic E-state index is -0.651. The number of aromatic nitrogens is 2. The number of aromatic amines is 1. The van der Waals surface area contributed by atoms with Gasteiger partial charge in [0.2, 0.25) is 5.91 Å². The highest BCUT2D eigenvalue weighted by Crippen LogP contribution is 2.38. The van der Waals surface area contributed by atoms with Crippen LogP contribution in [0.2, 0.25) is 0 Å². The number of allylic oxidation sites excluding steroid dienone is 3. The quantitative estimate of drug-likeness (QED) is 0.293. The molecule has 214 valence electrons. The van der Waals surface area contributed by atoms with Gasteiger partial charge in [-0.3, -0.25) is 4.79 Å². The zero-order valence-electron chi connectivity index (χ0n) is 25.2. The van der Waals surface area contributed by atoms with Crippen molar-refractivity contribution < 1.29 is 14.3 Å². The molecule has 3 rings (SSSR count). The van der Waals surface area contributed by atoms with Crippen molar-refractivity contribution in [2.24, 2.45) is 17.3 Å². The molecule has 2 atom stereocenters. The predicted octanol–water partition coefficient (Wildman–Crippen LogP) is 7.42. The largest absolute Gasteiger partial charge is 0.453 e. The molecule has 2 aromatic rings. The molecule has 1 fully saturated rings. The highest BCUT2D eigenvalue weighted by atomic mass is 16.5. The van der Waals surface area contributed by atoms with Gasteiger partial charge in [-0.05, 0) is 78.7 Å². The second kappa shape index (κ2) is 12.8. The second-order valence-corrected chi connectivity index (χ2v) is 12.5. The van der Waals surface area contributed by atoms with Gasteiger partial charge in [-0.2, -0.15) is 0 Å². The van der Waals surface area contributed by atoms with E-state index in [0.29, 0.717) is 12.5 Å². The number of ether oxygens (including phenoxy) is 1. The summed E-state index contributed by atoms with van der Waals surface area (Å²) >= 11 is 0. The van der Waals surface area contributed by atoms with E-state index in [4.69, 9.17) is 9.72 Å². The van der Waals surface area contributed by atoms with Crippen LogP contribution in [0.5, 0.6) is 0 Å². The van der Waals surface area contributed by atoms with Crippen molar-refractivity contribution in [3.05, 3.63) is 47.8 Å². The lowest BCUT2D eigenvalue weighted by Gasteiger charge is -2.29. The van der Waals surface area contributed by atoms with Gasteiger partial charge in [0.25, 0.3) is 0 Å². The Bertz CT molecular complexity index is 1210. The molecular weight excluding hydrogens is 488 g/mol. The Kier molecular flexibility index (Phi) is 10.0. The first kappa shape index (κ1) is 30.5. The maximum absolute atomic E-state index is 13.5. The molecule has 2 heterocycles. The van der Waals surface area contributed by atoms with Crippen molar-refractivity contribution in [1.29, 1.82) is 0 Å². The van der Waals surface area contributed by atoms with E-state index < -0.39 is 12.1 Å². The van der Waals surface area contributed by atoms with Crippen LogP contribution in [0.25, 0.3) is 16.6 Å². The van der Waals surface area contributed by atoms with Gasteiger partial charge in [0.05, 0.1) is 24.2 Å². The number of carbonyl (C=O) groups is 2. The number of likely N-dealkylation sites (tertiary alicyclic amines) is 1. The SMILES string of the molecule is C=C(CC(C)(C)CCC(C)C)C(=CC)c1ccc2nc(C3CCCN3C(=O)C(NC(=O)OC)C(C)C)[nH]c2c1. The molecule has 0 aliphatic carbocycles. The summed E-state index contributed by atoms with van der Waals surface area (Å²) in [5.74, 6) is 1.30. The number of imidazole rings is 1. The molecule has 0 radical (unpaired) electrons. The smallest absolute Gasteiger partial charge is 0.407 e. The Hall–Kier alpha value is -3.09. The van der Waals surface area contributed by atoms with Crippen LogP contribution in [0.4, 0.5) is 4.79 Å². The molecule has 1 aliphatic heterocycles. The molecule has 2 unspecified atom stereocenters. The summed E-state index contributed by atoms with van der Waals surface area (Å²) in [5.41, 5.74) is 5.44. The predicted molar refractivity (Wildman–Crippen MR) is 159 cm³/mol. The molecule has 0 bridgehead atoms. The minimum absolute atomic E-state index is 0.0706. The summed E-state index contributed by atoms with van der Waals surface area (Å²) in [6.07, 6.45) is 6.59. The van der Waals surface area contributed by atoms with Crippen molar-refractivity contribution in [3.8, 4) is 0 Å². The molecule has 0 saturated carbocycles. The second-order valence-electron chi connectivity index (χ2n) is 12.5. The number of carbonyl (C=O) groups excluding carboxylic acids is 2. The van der Waals surface area contributed by atoms with Crippen LogP contribution >= 0.6 is 0 Å². The molecule has 7 nitrogen and oxygen atoms in total. The lowest BCUT2D eigenvalue weighted by Crippen LogP contribution is -2.51. The number of alkyl carbamates (subject to hydrolysis) is 1. The van der Waals surface area contributed by atoms with Crippen molar-refractivity contribution in [1.82, 2.24) is 20.2 Å². The molecule has 2 N–H and O–H groups in total. The standard InChI is InChI=1S/C32H48N4O3/c1-10-24(22(6)19-32(7,8)16-15-20(2)3)23-13-14-25-26(18-23)34-29(33-25)27-12-11-17-36(27)30(37)28(21(4)5)35-31(38)39-9/h10,13-14,18,20-21,27-28H,6,11-12,15-17,19H2,1-5,7-9H3,(H,33,34)(H,35,38). The first-order valence-corrected chi connectivity index (χ1v) is 14.4. The Morgan fingerprint density at radius 1 is 1.28 bits per heavy atom. The van der Waals surface area contributed by atoms with Gasteiger partial charge in [0, 0.05) is 6.54 Å². The number of H-pyrrole nitrogens is 1. The van der Waals surface area contributed by atoms with Crippen LogP contribution < -0.4 is 5.32 Å². The van der Waals surface area contributed by atoms with Crippen LogP contribution in [-0.4, -0.2) is 46.6 Å². The van der Waals surface area contributed by atoms with E-state index in [1.54, 1.807) is 0 Å². The van der Waals surface area contributed by atoms with Crippen LogP contribution in [0.3, 0.4) is 0 Å². The lowest BCUT2D eigenvalue weighted by molar-refractivity contribution is -0.135. The van der Waals surface area contributed by atoms with E-state index in [9.17, 15) is 9.59 Å². The summed E-state index contributed by atoms with van der Waals surface area (Å²) in [4.78, 5) is 35.6. The zero-order valence-corrected chi connectivity index (χ0v) is 25.2. The van der Waals surface area contributed by atoms with Crippen LogP contribution in [0.1, 0.15) is 98.0 Å². The molecule has 1 aromatic heterocycles. The monoisotopic (exact) mass is 536 g/mol. The molecular formula is C32H48N4O3. The Balaban J connectivity index is 1.82. The fourth-order valence-electron chi connectivity index (χ4n) is 5.56. The minimum Gasteiger partial charge on any atom is -0.453 e. The molecule has 2 amide bonds. The maximum atomic E-state index is 13.5. The summed E-state index contributed by atoms with van der Waals surface area (Å²) < 4.78 is 4.75. The number of nitrogens with one attached hydrogen (secondary N) is 2. The Labute approximate surface area is 234 Å². The van der Waals surface area contributed by atoms with E-state index in [1.165, 1.54) is 20.0 Å². The van der Waals surface area contributed by atoms with E-state index in [2.05, 4.69) is 69.7 Å². The number of amides is 2. The number of benzene rings is 1. The zero-order chi connectivity index (χ0) is 28.9. The third-order valence-electron chi connectivity index (χ3n) is 7.81. The van der Waals surface area contributed by atoms with Gasteiger partial charge in [0.15, 0.2) is 0 Å². The van der Waals surface area contributed by atoms with Gasteiger partial charge < -0.3 is 19.9 Å². The van der Waals surface area contributed by atoms with Crippen molar-refractivity contribution in [3.63, 3.8) is 0 Å². The van der Waals surface area contributed by atoms with Gasteiger partial charge in [-0.15, -0.1) is 0 Å². The summed E-state index contributed by atoms with van der Waals surface area (Å²) in [7, 11) is 1.31. The first-order chi connectivity index (χ1) is 18.4. The average molecular weight is 537 g/mol. The number of hydrogen-bond donors (Lipinski definition) is 2. The van der Waals surface area contributed by atoms with Gasteiger partial charge in [-0.1, -0.05) is 66.7 Å². The normalized spacial score (nSPS) is 17.2.